The van der Waals surface area contributed by atoms with E-state index in [-0.39, 0.29) is 23.4 Å². The number of hydrogen-bond donors (Lipinski definition) is 1. The number of benzene rings is 1. The first-order valence-corrected chi connectivity index (χ1v) is 7.24. The molecule has 0 atom stereocenters. The van der Waals surface area contributed by atoms with Gasteiger partial charge in [-0.1, -0.05) is 12.5 Å². The van der Waals surface area contributed by atoms with Crippen LogP contribution in [0.5, 0.6) is 5.75 Å². The Morgan fingerprint density at radius 2 is 2.15 bits per heavy atom. The van der Waals surface area contributed by atoms with Gasteiger partial charge in [0.25, 0.3) is 0 Å². The van der Waals surface area contributed by atoms with Crippen LogP contribution in [-0.2, 0) is 10.2 Å². The minimum Gasteiger partial charge on any atom is -0.490 e. The number of carboxylic acid groups (broad SMARTS) is 1. The molecule has 0 saturated heterocycles. The van der Waals surface area contributed by atoms with E-state index in [0.29, 0.717) is 12.5 Å². The molecule has 2 aliphatic carbocycles. The molecule has 3 rings (SSSR count). The van der Waals surface area contributed by atoms with Crippen LogP contribution in [0.25, 0.3) is 0 Å². The van der Waals surface area contributed by atoms with Gasteiger partial charge in [-0.25, -0.2) is 4.39 Å². The van der Waals surface area contributed by atoms with Gasteiger partial charge in [0.15, 0.2) is 11.6 Å². The van der Waals surface area contributed by atoms with E-state index in [1.807, 2.05) is 6.07 Å². The second-order valence-electron chi connectivity index (χ2n) is 6.10. The summed E-state index contributed by atoms with van der Waals surface area (Å²) in [6.45, 7) is 0.580. The minimum atomic E-state index is -0.826. The summed E-state index contributed by atoms with van der Waals surface area (Å²) in [7, 11) is 0. The van der Waals surface area contributed by atoms with Crippen molar-refractivity contribution in [2.45, 2.75) is 43.9 Å². The Kier molecular flexibility index (Phi) is 3.40. The number of carbonyl (C=O) groups is 1. The Morgan fingerprint density at radius 1 is 1.40 bits per heavy atom. The molecule has 0 heterocycles. The monoisotopic (exact) mass is 278 g/mol. The van der Waals surface area contributed by atoms with Crippen LogP contribution in [0.1, 0.15) is 44.1 Å². The highest BCUT2D eigenvalue weighted by Crippen LogP contribution is 2.51. The van der Waals surface area contributed by atoms with Crippen LogP contribution >= 0.6 is 0 Å². The molecule has 20 heavy (non-hydrogen) atoms. The van der Waals surface area contributed by atoms with Gasteiger partial charge in [0.2, 0.25) is 0 Å². The van der Waals surface area contributed by atoms with Crippen molar-refractivity contribution in [2.24, 2.45) is 5.92 Å². The highest BCUT2D eigenvalue weighted by Gasteiger charge is 2.46. The van der Waals surface area contributed by atoms with Crippen LogP contribution in [-0.4, -0.2) is 17.7 Å². The summed E-state index contributed by atoms with van der Waals surface area (Å²) in [5, 5.41) is 8.93. The highest BCUT2D eigenvalue weighted by molar-refractivity contribution is 5.70. The third-order valence-electron chi connectivity index (χ3n) is 4.59. The van der Waals surface area contributed by atoms with Gasteiger partial charge in [0.1, 0.15) is 0 Å². The van der Waals surface area contributed by atoms with Crippen molar-refractivity contribution >= 4 is 5.97 Å². The van der Waals surface area contributed by atoms with E-state index < -0.39 is 5.97 Å². The molecule has 0 aromatic heterocycles. The molecule has 1 aromatic rings. The summed E-state index contributed by atoms with van der Waals surface area (Å²) in [5.41, 5.74) is 0.438. The smallest absolute Gasteiger partial charge is 0.304 e. The molecule has 0 amide bonds. The van der Waals surface area contributed by atoms with E-state index in [1.54, 1.807) is 6.07 Å². The first kappa shape index (κ1) is 13.4. The van der Waals surface area contributed by atoms with Crippen molar-refractivity contribution in [3.63, 3.8) is 0 Å². The molecule has 4 heteroatoms. The standard InChI is InChI=1S/C16H19FO3/c17-13-8-12(16(6-7-16)9-15(18)19)4-5-14(13)20-10-11-2-1-3-11/h4-5,8,11H,1-3,6-7,9-10H2,(H,18,19). The SMILES string of the molecule is O=C(O)CC1(c2ccc(OCC3CCC3)c(F)c2)CC1. The summed E-state index contributed by atoms with van der Waals surface area (Å²) >= 11 is 0. The van der Waals surface area contributed by atoms with Crippen LogP contribution in [0.3, 0.4) is 0 Å². The van der Waals surface area contributed by atoms with Crippen molar-refractivity contribution in [1.29, 1.82) is 0 Å². The third-order valence-corrected chi connectivity index (χ3v) is 4.59. The van der Waals surface area contributed by atoms with E-state index in [2.05, 4.69) is 0 Å². The molecule has 2 fully saturated rings. The van der Waals surface area contributed by atoms with Crippen LogP contribution in [0.15, 0.2) is 18.2 Å². The molecule has 2 aliphatic rings. The second-order valence-corrected chi connectivity index (χ2v) is 6.10. The predicted octanol–water partition coefficient (Wildman–Crippen LogP) is 3.51. The predicted molar refractivity (Wildman–Crippen MR) is 72.4 cm³/mol. The van der Waals surface area contributed by atoms with Crippen molar-refractivity contribution in [3.8, 4) is 5.75 Å². The fourth-order valence-electron chi connectivity index (χ4n) is 2.82. The van der Waals surface area contributed by atoms with Gasteiger partial charge >= 0.3 is 5.97 Å². The number of rotatable bonds is 6. The lowest BCUT2D eigenvalue weighted by atomic mass is 9.86. The summed E-state index contributed by atoms with van der Waals surface area (Å²) in [6, 6.07) is 4.91. The Labute approximate surface area is 117 Å². The highest BCUT2D eigenvalue weighted by atomic mass is 19.1. The van der Waals surface area contributed by atoms with Crippen molar-refractivity contribution in [3.05, 3.63) is 29.6 Å². The molecule has 108 valence electrons. The van der Waals surface area contributed by atoms with E-state index in [9.17, 15) is 9.18 Å². The first-order chi connectivity index (χ1) is 9.59. The number of aliphatic carboxylic acids is 1. The molecule has 2 saturated carbocycles. The molecule has 0 spiro atoms. The Morgan fingerprint density at radius 3 is 2.65 bits per heavy atom. The van der Waals surface area contributed by atoms with Crippen molar-refractivity contribution in [2.75, 3.05) is 6.61 Å². The summed E-state index contributed by atoms with van der Waals surface area (Å²) < 4.78 is 19.6. The summed E-state index contributed by atoms with van der Waals surface area (Å²) in [6.07, 6.45) is 5.30. The first-order valence-electron chi connectivity index (χ1n) is 7.24. The molecule has 0 radical (unpaired) electrons. The Bertz CT molecular complexity index is 518. The van der Waals surface area contributed by atoms with Gasteiger partial charge in [0.05, 0.1) is 13.0 Å². The maximum Gasteiger partial charge on any atom is 0.304 e. The maximum atomic E-state index is 14.0. The Balaban J connectivity index is 1.68. The zero-order chi connectivity index (χ0) is 14.2. The van der Waals surface area contributed by atoms with E-state index in [4.69, 9.17) is 9.84 Å². The van der Waals surface area contributed by atoms with E-state index in [1.165, 1.54) is 25.3 Å². The van der Waals surface area contributed by atoms with Gasteiger partial charge in [-0.15, -0.1) is 0 Å². The zero-order valence-electron chi connectivity index (χ0n) is 11.4. The average Bonchev–Trinajstić information content (AvgIpc) is 3.09. The summed E-state index contributed by atoms with van der Waals surface area (Å²) in [4.78, 5) is 10.9. The largest absolute Gasteiger partial charge is 0.490 e. The maximum absolute atomic E-state index is 14.0. The van der Waals surface area contributed by atoms with Gasteiger partial charge in [-0.05, 0) is 49.3 Å². The van der Waals surface area contributed by atoms with Crippen LogP contribution in [0.4, 0.5) is 4.39 Å². The van der Waals surface area contributed by atoms with Crippen LogP contribution in [0.2, 0.25) is 0 Å². The second kappa shape index (κ2) is 5.08. The molecule has 0 unspecified atom stereocenters. The Hall–Kier alpha value is -1.58. The fraction of sp³-hybridized carbons (Fsp3) is 0.562. The average molecular weight is 278 g/mol. The molecule has 1 N–H and O–H groups in total. The lowest BCUT2D eigenvalue weighted by Gasteiger charge is -2.25. The van der Waals surface area contributed by atoms with Crippen molar-refractivity contribution in [1.82, 2.24) is 0 Å². The van der Waals surface area contributed by atoms with Crippen molar-refractivity contribution < 1.29 is 19.0 Å². The zero-order valence-corrected chi connectivity index (χ0v) is 11.4. The van der Waals surface area contributed by atoms with Crippen LogP contribution < -0.4 is 4.74 Å². The quantitative estimate of drug-likeness (QED) is 0.866. The van der Waals surface area contributed by atoms with E-state index in [0.717, 1.165) is 18.4 Å². The number of ether oxygens (including phenoxy) is 1. The van der Waals surface area contributed by atoms with Gasteiger partial charge < -0.3 is 9.84 Å². The topological polar surface area (TPSA) is 46.5 Å². The third kappa shape index (κ3) is 2.65. The number of hydrogen-bond acceptors (Lipinski definition) is 2. The van der Waals surface area contributed by atoms with Gasteiger partial charge in [-0.2, -0.15) is 0 Å². The minimum absolute atomic E-state index is 0.0781. The molecular formula is C16H19FO3. The molecule has 1 aromatic carbocycles. The molecule has 0 aliphatic heterocycles. The fourth-order valence-corrected chi connectivity index (χ4v) is 2.82. The number of halogens is 1. The van der Waals surface area contributed by atoms with Crippen LogP contribution in [0, 0.1) is 11.7 Å². The molecule has 0 bridgehead atoms. The number of carboxylic acids is 1. The van der Waals surface area contributed by atoms with Gasteiger partial charge in [0, 0.05) is 5.41 Å². The van der Waals surface area contributed by atoms with Gasteiger partial charge in [-0.3, -0.25) is 4.79 Å². The lowest BCUT2D eigenvalue weighted by molar-refractivity contribution is -0.137. The lowest BCUT2D eigenvalue weighted by Crippen LogP contribution is -2.19. The molecule has 3 nitrogen and oxygen atoms in total. The van der Waals surface area contributed by atoms with E-state index >= 15 is 0 Å². The molecular weight excluding hydrogens is 259 g/mol. The normalized spacial score (nSPS) is 20.2. The summed E-state index contributed by atoms with van der Waals surface area (Å²) in [5.74, 6) is -0.352.